The molecule has 0 N–H and O–H groups in total. The van der Waals surface area contributed by atoms with E-state index in [-0.39, 0.29) is 16.4 Å². The molecule has 0 aliphatic heterocycles. The van der Waals surface area contributed by atoms with E-state index in [9.17, 15) is 14.9 Å². The van der Waals surface area contributed by atoms with Crippen molar-refractivity contribution in [2.24, 2.45) is 0 Å². The van der Waals surface area contributed by atoms with Crippen LogP contribution in [0.4, 0.5) is 5.69 Å². The molecule has 0 unspecified atom stereocenters. The van der Waals surface area contributed by atoms with E-state index in [4.69, 9.17) is 27.9 Å². The van der Waals surface area contributed by atoms with Crippen molar-refractivity contribution in [2.45, 2.75) is 0 Å². The highest BCUT2D eigenvalue weighted by Gasteiger charge is 2.26. The summed E-state index contributed by atoms with van der Waals surface area (Å²) in [6.45, 7) is 0. The van der Waals surface area contributed by atoms with Crippen molar-refractivity contribution in [3.63, 3.8) is 0 Å². The van der Waals surface area contributed by atoms with E-state index in [1.165, 1.54) is 30.5 Å². The quantitative estimate of drug-likeness (QED) is 0.530. The molecule has 0 atom stereocenters. The van der Waals surface area contributed by atoms with Crippen LogP contribution in [0.1, 0.15) is 0 Å². The molecule has 1 aromatic carbocycles. The van der Waals surface area contributed by atoms with E-state index >= 15 is 0 Å². The van der Waals surface area contributed by atoms with Gasteiger partial charge in [0.25, 0.3) is 0 Å². The summed E-state index contributed by atoms with van der Waals surface area (Å²) in [6.07, 6.45) is 1.39. The zero-order valence-electron chi connectivity index (χ0n) is 11.3. The maximum atomic E-state index is 12.3. The van der Waals surface area contributed by atoms with Gasteiger partial charge in [0, 0.05) is 11.2 Å². The smallest absolute Gasteiger partial charge is 0.396 e. The third-order valence-electron chi connectivity index (χ3n) is 2.96. The number of ether oxygens (including phenoxy) is 1. The number of nitro groups is 1. The van der Waals surface area contributed by atoms with Gasteiger partial charge in [-0.1, -0.05) is 29.3 Å². The summed E-state index contributed by atoms with van der Waals surface area (Å²) >= 11 is 11.8. The molecule has 0 radical (unpaired) electrons. The zero-order valence-corrected chi connectivity index (χ0v) is 12.8. The Bertz CT molecular complexity index is 987. The molecule has 0 aliphatic rings. The van der Waals surface area contributed by atoms with Gasteiger partial charge < -0.3 is 4.74 Å². The third-order valence-corrected chi connectivity index (χ3v) is 3.49. The van der Waals surface area contributed by atoms with Gasteiger partial charge in [-0.3, -0.25) is 19.3 Å². The number of pyridine rings is 1. The van der Waals surface area contributed by atoms with Gasteiger partial charge in [0.15, 0.2) is 0 Å². The van der Waals surface area contributed by atoms with Gasteiger partial charge in [0.05, 0.1) is 9.95 Å². The lowest BCUT2D eigenvalue weighted by Crippen LogP contribution is -2.19. The molecule has 0 spiro atoms. The number of rotatable bonds is 3. The molecule has 23 heavy (non-hydrogen) atoms. The summed E-state index contributed by atoms with van der Waals surface area (Å²) in [5, 5.41) is 11.8. The molecular formula is C14H7Cl2N3O4. The van der Waals surface area contributed by atoms with Crippen LogP contribution in [0.15, 0.2) is 47.4 Å². The van der Waals surface area contributed by atoms with Crippen LogP contribution in [0.25, 0.3) is 5.65 Å². The molecule has 2 aromatic heterocycles. The minimum atomic E-state index is -0.847. The van der Waals surface area contributed by atoms with Crippen LogP contribution in [0.2, 0.25) is 10.0 Å². The fourth-order valence-corrected chi connectivity index (χ4v) is 2.40. The molecule has 0 saturated carbocycles. The molecule has 3 aromatic rings. The Kier molecular flexibility index (Phi) is 3.89. The van der Waals surface area contributed by atoms with E-state index in [1.807, 2.05) is 0 Å². The number of halogens is 2. The molecule has 0 amide bonds. The summed E-state index contributed by atoms with van der Waals surface area (Å²) in [5.41, 5.74) is -1.41. The van der Waals surface area contributed by atoms with Crippen molar-refractivity contribution in [1.29, 1.82) is 0 Å². The third kappa shape index (κ3) is 2.84. The Balaban J connectivity index is 2.21. The SMILES string of the molecule is O=c1c([N+](=O)[O-])c(Oc2ccc(Cl)cc2Cl)nc2ccccn12. The number of hydrogen-bond acceptors (Lipinski definition) is 5. The Morgan fingerprint density at radius 1 is 1.22 bits per heavy atom. The van der Waals surface area contributed by atoms with Crippen molar-refractivity contribution in [1.82, 2.24) is 9.38 Å². The van der Waals surface area contributed by atoms with Crippen LogP contribution in [-0.4, -0.2) is 14.3 Å². The van der Waals surface area contributed by atoms with Crippen LogP contribution in [0, 0.1) is 10.1 Å². The summed E-state index contributed by atoms with van der Waals surface area (Å²) in [4.78, 5) is 26.7. The van der Waals surface area contributed by atoms with Gasteiger partial charge in [-0.25, -0.2) is 0 Å². The van der Waals surface area contributed by atoms with E-state index in [1.54, 1.807) is 12.1 Å². The molecule has 0 aliphatic carbocycles. The zero-order chi connectivity index (χ0) is 16.6. The van der Waals surface area contributed by atoms with E-state index in [0.717, 1.165) is 4.40 Å². The molecule has 2 heterocycles. The lowest BCUT2D eigenvalue weighted by atomic mass is 10.3. The van der Waals surface area contributed by atoms with E-state index < -0.39 is 22.0 Å². The van der Waals surface area contributed by atoms with Gasteiger partial charge in [-0.2, -0.15) is 4.98 Å². The van der Waals surface area contributed by atoms with Crippen LogP contribution < -0.4 is 10.3 Å². The maximum absolute atomic E-state index is 12.3. The number of nitrogens with zero attached hydrogens (tertiary/aromatic N) is 3. The van der Waals surface area contributed by atoms with Crippen molar-refractivity contribution >= 4 is 34.5 Å². The standard InChI is InChI=1S/C14H7Cl2N3O4/c15-8-4-5-10(9(16)7-8)23-13-12(19(21)22)14(20)18-6-2-1-3-11(18)17-13/h1-7H. The highest BCUT2D eigenvalue weighted by Crippen LogP contribution is 2.33. The number of aromatic nitrogens is 2. The second kappa shape index (κ2) is 5.86. The second-order valence-corrected chi connectivity index (χ2v) is 5.28. The Morgan fingerprint density at radius 3 is 2.70 bits per heavy atom. The minimum absolute atomic E-state index is 0.103. The molecule has 116 valence electrons. The average molecular weight is 352 g/mol. The first-order chi connectivity index (χ1) is 11.0. The number of hydrogen-bond donors (Lipinski definition) is 0. The normalized spacial score (nSPS) is 10.7. The van der Waals surface area contributed by atoms with Gasteiger partial charge in [0.2, 0.25) is 0 Å². The second-order valence-electron chi connectivity index (χ2n) is 4.43. The first-order valence-electron chi connectivity index (χ1n) is 6.26. The predicted octanol–water partition coefficient (Wildman–Crippen LogP) is 3.70. The van der Waals surface area contributed by atoms with Crippen molar-refractivity contribution in [2.75, 3.05) is 0 Å². The van der Waals surface area contributed by atoms with Crippen molar-refractivity contribution in [3.8, 4) is 11.6 Å². The average Bonchev–Trinajstić information content (AvgIpc) is 2.50. The van der Waals surface area contributed by atoms with Crippen LogP contribution >= 0.6 is 23.2 Å². The van der Waals surface area contributed by atoms with Crippen LogP contribution in [-0.2, 0) is 0 Å². The largest absolute Gasteiger partial charge is 0.432 e. The Morgan fingerprint density at radius 2 is 2.00 bits per heavy atom. The summed E-state index contributed by atoms with van der Waals surface area (Å²) in [7, 11) is 0. The lowest BCUT2D eigenvalue weighted by molar-refractivity contribution is -0.387. The number of fused-ring (bicyclic) bond motifs is 1. The van der Waals surface area contributed by atoms with Crippen molar-refractivity contribution < 1.29 is 9.66 Å². The van der Waals surface area contributed by atoms with Crippen LogP contribution in [0.3, 0.4) is 0 Å². The van der Waals surface area contributed by atoms with E-state index in [2.05, 4.69) is 4.98 Å². The number of benzene rings is 1. The predicted molar refractivity (Wildman–Crippen MR) is 84.7 cm³/mol. The van der Waals surface area contributed by atoms with Gasteiger partial charge in [0.1, 0.15) is 11.4 Å². The molecule has 7 nitrogen and oxygen atoms in total. The highest BCUT2D eigenvalue weighted by molar-refractivity contribution is 6.35. The van der Waals surface area contributed by atoms with Gasteiger partial charge >= 0.3 is 17.1 Å². The fourth-order valence-electron chi connectivity index (χ4n) is 1.95. The molecule has 0 saturated heterocycles. The summed E-state index contributed by atoms with van der Waals surface area (Å²) in [6, 6.07) is 9.09. The topological polar surface area (TPSA) is 86.7 Å². The molecule has 9 heteroatoms. The van der Waals surface area contributed by atoms with Crippen molar-refractivity contribution in [3.05, 3.63) is 73.1 Å². The summed E-state index contributed by atoms with van der Waals surface area (Å²) < 4.78 is 6.45. The molecule has 0 fully saturated rings. The summed E-state index contributed by atoms with van der Waals surface area (Å²) in [5.74, 6) is -0.332. The highest BCUT2D eigenvalue weighted by atomic mass is 35.5. The molecule has 0 bridgehead atoms. The lowest BCUT2D eigenvalue weighted by Gasteiger charge is -2.08. The first kappa shape index (κ1) is 15.3. The van der Waals surface area contributed by atoms with Crippen LogP contribution in [0.5, 0.6) is 11.6 Å². The Hall–Kier alpha value is -2.64. The molecule has 3 rings (SSSR count). The van der Waals surface area contributed by atoms with E-state index in [0.29, 0.717) is 5.02 Å². The Labute approximate surface area is 138 Å². The molecular weight excluding hydrogens is 345 g/mol. The fraction of sp³-hybridized carbons (Fsp3) is 0. The monoisotopic (exact) mass is 351 g/mol. The van der Waals surface area contributed by atoms with Gasteiger partial charge in [-0.05, 0) is 30.3 Å². The van der Waals surface area contributed by atoms with Gasteiger partial charge in [-0.15, -0.1) is 0 Å². The first-order valence-corrected chi connectivity index (χ1v) is 7.01. The maximum Gasteiger partial charge on any atom is 0.396 e. The minimum Gasteiger partial charge on any atom is -0.432 e.